The summed E-state index contributed by atoms with van der Waals surface area (Å²) in [5, 5.41) is 11.8. The van der Waals surface area contributed by atoms with E-state index in [-0.39, 0.29) is 5.69 Å². The first-order valence-electron chi connectivity index (χ1n) is 5.28. The van der Waals surface area contributed by atoms with E-state index in [1.165, 1.54) is 0 Å². The van der Waals surface area contributed by atoms with Gasteiger partial charge in [-0.05, 0) is 20.8 Å². The van der Waals surface area contributed by atoms with Crippen molar-refractivity contribution >= 4 is 5.69 Å². The molecule has 0 aliphatic carbocycles. The molecule has 104 valence electrons. The fourth-order valence-electron chi connectivity index (χ4n) is 1.19. The van der Waals surface area contributed by atoms with Crippen molar-refractivity contribution in [2.75, 3.05) is 5.32 Å². The van der Waals surface area contributed by atoms with E-state index in [4.69, 9.17) is 4.74 Å². The Hall–Kier alpha value is -1.41. The lowest BCUT2D eigenvalue weighted by atomic mass is 10.2. The lowest BCUT2D eigenvalue weighted by molar-refractivity contribution is -0.148. The maximum absolute atomic E-state index is 12.1. The van der Waals surface area contributed by atoms with E-state index in [2.05, 4.69) is 9.84 Å². The van der Waals surface area contributed by atoms with Crippen molar-refractivity contribution in [3.63, 3.8) is 0 Å². The number of halogens is 2. The second kappa shape index (κ2) is 5.49. The fourth-order valence-corrected chi connectivity index (χ4v) is 1.19. The summed E-state index contributed by atoms with van der Waals surface area (Å²) in [5.74, 6) is 0. The third kappa shape index (κ3) is 4.46. The molecule has 1 atom stereocenters. The summed E-state index contributed by atoms with van der Waals surface area (Å²) >= 11 is 0. The maximum atomic E-state index is 12.1. The summed E-state index contributed by atoms with van der Waals surface area (Å²) in [6.45, 7) is 4.30. The van der Waals surface area contributed by atoms with E-state index in [9.17, 15) is 18.7 Å². The van der Waals surface area contributed by atoms with E-state index in [1.807, 2.05) is 0 Å². The molecule has 0 bridgehead atoms. The highest BCUT2D eigenvalue weighted by atomic mass is 19.3. The maximum Gasteiger partial charge on any atom is 0.306 e. The van der Waals surface area contributed by atoms with Crippen LogP contribution in [0.2, 0.25) is 0 Å². The Kier molecular flexibility index (Phi) is 4.47. The molecule has 1 aromatic heterocycles. The molecule has 0 spiro atoms. The molecule has 0 saturated carbocycles. The molecular formula is C10H16F2N2O4. The minimum absolute atomic E-state index is 0.146. The van der Waals surface area contributed by atoms with Crippen LogP contribution in [0.15, 0.2) is 15.6 Å². The number of nitrogens with zero attached hydrogens (tertiary/aromatic N) is 1. The van der Waals surface area contributed by atoms with Crippen LogP contribution in [0, 0.1) is 0 Å². The Morgan fingerprint density at radius 3 is 2.67 bits per heavy atom. The summed E-state index contributed by atoms with van der Waals surface area (Å²) in [4.78, 5) is 11.5. The number of hydrogen-bond donors (Lipinski definition) is 2. The molecule has 2 N–H and O–H groups in total. The molecule has 18 heavy (non-hydrogen) atoms. The van der Waals surface area contributed by atoms with Gasteiger partial charge < -0.3 is 19.7 Å². The smallest absolute Gasteiger partial charge is 0.306 e. The number of anilines is 1. The van der Waals surface area contributed by atoms with Gasteiger partial charge >= 0.3 is 5.56 Å². The predicted molar refractivity (Wildman–Crippen MR) is 59.4 cm³/mol. The number of aliphatic hydroxyl groups excluding tert-OH is 1. The highest BCUT2D eigenvalue weighted by Gasteiger charge is 2.19. The predicted octanol–water partition coefficient (Wildman–Crippen LogP) is 1.21. The average Bonchev–Trinajstić information content (AvgIpc) is 2.46. The van der Waals surface area contributed by atoms with Gasteiger partial charge in [-0.3, -0.25) is 4.79 Å². The Morgan fingerprint density at radius 2 is 2.17 bits per heavy atom. The van der Waals surface area contributed by atoms with Crippen molar-refractivity contribution in [2.24, 2.45) is 0 Å². The quantitative estimate of drug-likeness (QED) is 0.783. The van der Waals surface area contributed by atoms with Crippen LogP contribution in [0.4, 0.5) is 14.5 Å². The van der Waals surface area contributed by atoms with Crippen molar-refractivity contribution in [1.29, 1.82) is 0 Å². The number of nitrogens with one attached hydrogen (secondary N) is 1. The monoisotopic (exact) mass is 266 g/mol. The van der Waals surface area contributed by atoms with E-state index in [1.54, 1.807) is 20.8 Å². The summed E-state index contributed by atoms with van der Waals surface area (Å²) in [6.07, 6.45) is -3.19. The summed E-state index contributed by atoms with van der Waals surface area (Å²) in [7, 11) is 0. The van der Waals surface area contributed by atoms with Crippen LogP contribution in [-0.4, -0.2) is 28.3 Å². The SMILES string of the molecule is CC(C)(C)OC(O)Nc1con(CC(F)F)c1=O. The van der Waals surface area contributed by atoms with Crippen LogP contribution in [0.3, 0.4) is 0 Å². The van der Waals surface area contributed by atoms with Crippen LogP contribution in [-0.2, 0) is 11.3 Å². The molecule has 6 nitrogen and oxygen atoms in total. The van der Waals surface area contributed by atoms with Crippen LogP contribution < -0.4 is 10.9 Å². The Morgan fingerprint density at radius 1 is 1.56 bits per heavy atom. The Labute approximate surface area is 102 Å². The number of alkyl halides is 2. The standard InChI is InChI=1S/C10H16F2N2O4/c1-10(2,3)18-9(16)13-6-5-17-14(8(6)15)4-7(11)12/h5,7,9,13,16H,4H2,1-3H3. The molecule has 8 heteroatoms. The highest BCUT2D eigenvalue weighted by molar-refractivity contribution is 5.36. The zero-order valence-corrected chi connectivity index (χ0v) is 10.3. The minimum atomic E-state index is -2.70. The molecule has 1 unspecified atom stereocenters. The van der Waals surface area contributed by atoms with Crippen LogP contribution in [0.5, 0.6) is 0 Å². The van der Waals surface area contributed by atoms with Crippen molar-refractivity contribution in [1.82, 2.24) is 4.74 Å². The first-order chi connectivity index (χ1) is 8.19. The van der Waals surface area contributed by atoms with E-state index in [0.717, 1.165) is 6.26 Å². The molecule has 1 rings (SSSR count). The molecule has 0 amide bonds. The highest BCUT2D eigenvalue weighted by Crippen LogP contribution is 2.11. The second-order valence-electron chi connectivity index (χ2n) is 4.62. The van der Waals surface area contributed by atoms with Crippen molar-refractivity contribution in [3.05, 3.63) is 16.6 Å². The lowest BCUT2D eigenvalue weighted by Crippen LogP contribution is -2.34. The van der Waals surface area contributed by atoms with E-state index in [0.29, 0.717) is 4.74 Å². The van der Waals surface area contributed by atoms with Gasteiger partial charge in [0.25, 0.3) is 6.43 Å². The third-order valence-electron chi connectivity index (χ3n) is 1.80. The van der Waals surface area contributed by atoms with Gasteiger partial charge in [0.2, 0.25) is 6.41 Å². The fraction of sp³-hybridized carbons (Fsp3) is 0.700. The molecule has 0 saturated heterocycles. The van der Waals surface area contributed by atoms with Crippen molar-refractivity contribution < 1.29 is 23.1 Å². The van der Waals surface area contributed by atoms with Gasteiger partial charge in [-0.2, -0.15) is 4.74 Å². The lowest BCUT2D eigenvalue weighted by Gasteiger charge is -2.23. The molecule has 1 aromatic rings. The van der Waals surface area contributed by atoms with E-state index >= 15 is 0 Å². The first kappa shape index (κ1) is 14.7. The third-order valence-corrected chi connectivity index (χ3v) is 1.80. The Bertz CT molecular complexity index is 436. The molecule has 0 aliphatic rings. The van der Waals surface area contributed by atoms with Gasteiger partial charge in [0.05, 0.1) is 5.60 Å². The van der Waals surface area contributed by atoms with Crippen LogP contribution in [0.1, 0.15) is 20.8 Å². The summed E-state index contributed by atoms with van der Waals surface area (Å²) in [5.41, 5.74) is -1.56. The number of hydrogen-bond acceptors (Lipinski definition) is 5. The Balaban J connectivity index is 2.69. The van der Waals surface area contributed by atoms with Crippen LogP contribution >= 0.6 is 0 Å². The largest absolute Gasteiger partial charge is 0.382 e. The topological polar surface area (TPSA) is 76.6 Å². The van der Waals surface area contributed by atoms with Crippen molar-refractivity contribution in [3.8, 4) is 0 Å². The van der Waals surface area contributed by atoms with Gasteiger partial charge in [-0.1, -0.05) is 0 Å². The molecule has 1 heterocycles. The summed E-state index contributed by atoms with van der Waals surface area (Å²) < 4.78 is 34.4. The average molecular weight is 266 g/mol. The van der Waals surface area contributed by atoms with Crippen molar-refractivity contribution in [2.45, 2.75) is 45.8 Å². The minimum Gasteiger partial charge on any atom is -0.382 e. The van der Waals surface area contributed by atoms with Gasteiger partial charge in [0.15, 0.2) is 0 Å². The second-order valence-corrected chi connectivity index (χ2v) is 4.62. The van der Waals surface area contributed by atoms with Crippen LogP contribution in [0.25, 0.3) is 0 Å². The number of aromatic nitrogens is 1. The molecule has 0 aromatic carbocycles. The number of aliphatic hydroxyl groups is 1. The summed E-state index contributed by atoms with van der Waals surface area (Å²) in [6, 6.07) is 0. The zero-order chi connectivity index (χ0) is 13.9. The van der Waals surface area contributed by atoms with Gasteiger partial charge in [-0.25, -0.2) is 8.78 Å². The van der Waals surface area contributed by atoms with Gasteiger partial charge in [-0.15, -0.1) is 0 Å². The zero-order valence-electron chi connectivity index (χ0n) is 10.3. The molecule has 0 radical (unpaired) electrons. The molecular weight excluding hydrogens is 250 g/mol. The number of ether oxygens (including phenoxy) is 1. The molecule has 0 fully saturated rings. The normalized spacial score (nSPS) is 13.9. The van der Waals surface area contributed by atoms with E-state index < -0.39 is 30.5 Å². The van der Waals surface area contributed by atoms with Gasteiger partial charge in [0.1, 0.15) is 18.5 Å². The first-order valence-corrected chi connectivity index (χ1v) is 5.28. The number of rotatable bonds is 5. The molecule has 0 aliphatic heterocycles. The van der Waals surface area contributed by atoms with Gasteiger partial charge in [0, 0.05) is 0 Å².